The molecule has 122 valence electrons. The van der Waals surface area contributed by atoms with E-state index in [2.05, 4.69) is 17.0 Å². The minimum Gasteiger partial charge on any atom is -0.336 e. The maximum atomic E-state index is 13.1. The van der Waals surface area contributed by atoms with Crippen LogP contribution < -0.4 is 0 Å². The van der Waals surface area contributed by atoms with E-state index in [0.29, 0.717) is 5.92 Å². The smallest absolute Gasteiger partial charge is 0.254 e. The van der Waals surface area contributed by atoms with E-state index < -0.39 is 0 Å². The van der Waals surface area contributed by atoms with E-state index in [9.17, 15) is 4.79 Å². The van der Waals surface area contributed by atoms with Crippen LogP contribution in [0.5, 0.6) is 0 Å². The predicted molar refractivity (Wildman–Crippen MR) is 88.6 cm³/mol. The Labute approximate surface area is 136 Å². The summed E-state index contributed by atoms with van der Waals surface area (Å²) in [5, 5.41) is 5.40. The Morgan fingerprint density at radius 1 is 1.17 bits per heavy atom. The Morgan fingerprint density at radius 3 is 2.52 bits per heavy atom. The molecule has 0 unspecified atom stereocenters. The van der Waals surface area contributed by atoms with Crippen LogP contribution in [0.3, 0.4) is 0 Å². The molecule has 3 heterocycles. The molecule has 0 spiro atoms. The molecule has 2 aromatic rings. The topological polar surface area (TPSA) is 54.3 Å². The highest BCUT2D eigenvalue weighted by Crippen LogP contribution is 2.40. The fourth-order valence-corrected chi connectivity index (χ4v) is 3.40. The summed E-state index contributed by atoms with van der Waals surface area (Å²) in [5.41, 5.74) is 3.56. The first-order chi connectivity index (χ1) is 11.0. The molecular formula is C17H23N5O. The first-order valence-electron chi connectivity index (χ1n) is 8.36. The summed E-state index contributed by atoms with van der Waals surface area (Å²) in [4.78, 5) is 22.1. The molecule has 0 aromatic carbocycles. The van der Waals surface area contributed by atoms with Gasteiger partial charge in [-0.25, -0.2) is 4.98 Å². The van der Waals surface area contributed by atoms with Crippen LogP contribution in [0, 0.1) is 6.92 Å². The fourth-order valence-electron chi connectivity index (χ4n) is 3.40. The van der Waals surface area contributed by atoms with Gasteiger partial charge in [0.15, 0.2) is 5.65 Å². The molecule has 2 fully saturated rings. The lowest BCUT2D eigenvalue weighted by atomic mass is 10.1. The number of aryl methyl sites for hydroxylation is 2. The lowest BCUT2D eigenvalue weighted by Crippen LogP contribution is -2.47. The SMILES string of the molecule is Cc1nn(C)c2nc(C3CC3)cc(C(=O)N3CCN(C)CC3)c12. The lowest BCUT2D eigenvalue weighted by molar-refractivity contribution is 0.0666. The highest BCUT2D eigenvalue weighted by atomic mass is 16.2. The number of hydrogen-bond acceptors (Lipinski definition) is 4. The molecule has 6 heteroatoms. The minimum absolute atomic E-state index is 0.128. The zero-order valence-corrected chi connectivity index (χ0v) is 14.0. The fraction of sp³-hybridized carbons (Fsp3) is 0.588. The van der Waals surface area contributed by atoms with Crippen molar-refractivity contribution in [1.29, 1.82) is 0 Å². The molecule has 2 aliphatic rings. The number of aromatic nitrogens is 3. The molecule has 2 aromatic heterocycles. The van der Waals surface area contributed by atoms with Gasteiger partial charge in [0.05, 0.1) is 16.6 Å². The molecule has 1 saturated heterocycles. The number of amides is 1. The zero-order chi connectivity index (χ0) is 16.1. The summed E-state index contributed by atoms with van der Waals surface area (Å²) >= 11 is 0. The quantitative estimate of drug-likeness (QED) is 0.844. The molecule has 1 amide bonds. The average molecular weight is 313 g/mol. The molecule has 0 bridgehead atoms. The van der Waals surface area contributed by atoms with E-state index in [1.807, 2.05) is 24.9 Å². The van der Waals surface area contributed by atoms with Crippen LogP contribution in [0.2, 0.25) is 0 Å². The molecular weight excluding hydrogens is 290 g/mol. The third kappa shape index (κ3) is 2.51. The van der Waals surface area contributed by atoms with Gasteiger partial charge in [0.1, 0.15) is 0 Å². The van der Waals surface area contributed by atoms with Crippen molar-refractivity contribution >= 4 is 16.9 Å². The van der Waals surface area contributed by atoms with Crippen LogP contribution >= 0.6 is 0 Å². The summed E-state index contributed by atoms with van der Waals surface area (Å²) in [6.45, 7) is 5.40. The molecule has 23 heavy (non-hydrogen) atoms. The van der Waals surface area contributed by atoms with Gasteiger partial charge in [0.25, 0.3) is 5.91 Å². The van der Waals surface area contributed by atoms with Gasteiger partial charge >= 0.3 is 0 Å². The largest absolute Gasteiger partial charge is 0.336 e. The second-order valence-electron chi connectivity index (χ2n) is 6.87. The van der Waals surface area contributed by atoms with Crippen molar-refractivity contribution in [2.24, 2.45) is 7.05 Å². The number of fused-ring (bicyclic) bond motifs is 1. The second kappa shape index (κ2) is 5.30. The van der Waals surface area contributed by atoms with E-state index in [4.69, 9.17) is 4.98 Å². The molecule has 1 saturated carbocycles. The second-order valence-corrected chi connectivity index (χ2v) is 6.87. The van der Waals surface area contributed by atoms with E-state index in [1.165, 1.54) is 12.8 Å². The number of pyridine rings is 1. The highest BCUT2D eigenvalue weighted by Gasteiger charge is 2.30. The third-order valence-electron chi connectivity index (χ3n) is 5.01. The Bertz CT molecular complexity index is 769. The van der Waals surface area contributed by atoms with Crippen molar-refractivity contribution in [3.63, 3.8) is 0 Å². The van der Waals surface area contributed by atoms with Gasteiger partial charge < -0.3 is 9.80 Å². The number of likely N-dealkylation sites (N-methyl/N-ethyl adjacent to an activating group) is 1. The van der Waals surface area contributed by atoms with Gasteiger partial charge in [0, 0.05) is 44.8 Å². The van der Waals surface area contributed by atoms with E-state index in [-0.39, 0.29) is 5.91 Å². The number of carbonyl (C=O) groups excluding carboxylic acids is 1. The van der Waals surface area contributed by atoms with E-state index in [0.717, 1.165) is 54.2 Å². The standard InChI is InChI=1S/C17H23N5O/c1-11-15-13(17(23)22-8-6-20(2)7-9-22)10-14(12-4-5-12)18-16(15)21(3)19-11/h10,12H,4-9H2,1-3H3. The maximum Gasteiger partial charge on any atom is 0.254 e. The number of hydrogen-bond donors (Lipinski definition) is 0. The summed E-state index contributed by atoms with van der Waals surface area (Å²) in [6, 6.07) is 2.02. The van der Waals surface area contributed by atoms with Crippen LogP contribution in [0.1, 0.15) is 40.5 Å². The Kier molecular flexibility index (Phi) is 3.37. The molecule has 1 aliphatic carbocycles. The molecule has 1 aliphatic heterocycles. The summed E-state index contributed by atoms with van der Waals surface area (Å²) < 4.78 is 1.80. The van der Waals surface area contributed by atoms with Crippen molar-refractivity contribution in [3.8, 4) is 0 Å². The average Bonchev–Trinajstić information content (AvgIpc) is 3.34. The van der Waals surface area contributed by atoms with Crippen molar-refractivity contribution in [2.75, 3.05) is 33.2 Å². The molecule has 6 nitrogen and oxygen atoms in total. The summed E-state index contributed by atoms with van der Waals surface area (Å²) in [5.74, 6) is 0.650. The number of nitrogens with zero attached hydrogens (tertiary/aromatic N) is 5. The summed E-state index contributed by atoms with van der Waals surface area (Å²) in [7, 11) is 4.01. The molecule has 0 atom stereocenters. The first kappa shape index (κ1) is 14.6. The van der Waals surface area contributed by atoms with Crippen LogP contribution in [0.4, 0.5) is 0 Å². The highest BCUT2D eigenvalue weighted by molar-refractivity contribution is 6.06. The van der Waals surface area contributed by atoms with Crippen molar-refractivity contribution in [1.82, 2.24) is 24.6 Å². The Morgan fingerprint density at radius 2 is 1.87 bits per heavy atom. The van der Waals surface area contributed by atoms with Gasteiger partial charge in [-0.2, -0.15) is 5.10 Å². The van der Waals surface area contributed by atoms with Crippen LogP contribution in [-0.4, -0.2) is 63.7 Å². The monoisotopic (exact) mass is 313 g/mol. The van der Waals surface area contributed by atoms with E-state index >= 15 is 0 Å². The van der Waals surface area contributed by atoms with Gasteiger partial charge in [-0.1, -0.05) is 0 Å². The number of carbonyl (C=O) groups is 1. The molecule has 0 radical (unpaired) electrons. The van der Waals surface area contributed by atoms with E-state index in [1.54, 1.807) is 4.68 Å². The van der Waals surface area contributed by atoms with Gasteiger partial charge in [-0.15, -0.1) is 0 Å². The van der Waals surface area contributed by atoms with Crippen LogP contribution in [0.15, 0.2) is 6.07 Å². The van der Waals surface area contributed by atoms with Gasteiger partial charge in [0.2, 0.25) is 0 Å². The first-order valence-corrected chi connectivity index (χ1v) is 8.36. The number of rotatable bonds is 2. The predicted octanol–water partition coefficient (Wildman–Crippen LogP) is 1.54. The number of piperazine rings is 1. The van der Waals surface area contributed by atoms with Gasteiger partial charge in [-0.05, 0) is 32.9 Å². The van der Waals surface area contributed by atoms with Crippen molar-refractivity contribution in [2.45, 2.75) is 25.7 Å². The van der Waals surface area contributed by atoms with Crippen molar-refractivity contribution < 1.29 is 4.79 Å². The Hall–Kier alpha value is -1.95. The lowest BCUT2D eigenvalue weighted by Gasteiger charge is -2.32. The van der Waals surface area contributed by atoms with Crippen LogP contribution in [-0.2, 0) is 7.05 Å². The third-order valence-corrected chi connectivity index (χ3v) is 5.01. The maximum absolute atomic E-state index is 13.1. The van der Waals surface area contributed by atoms with Crippen LogP contribution in [0.25, 0.3) is 11.0 Å². The Balaban J connectivity index is 1.79. The summed E-state index contributed by atoms with van der Waals surface area (Å²) in [6.07, 6.45) is 2.36. The molecule has 0 N–H and O–H groups in total. The normalized spacial score (nSPS) is 19.5. The molecule has 4 rings (SSSR count). The van der Waals surface area contributed by atoms with Gasteiger partial charge in [-0.3, -0.25) is 9.48 Å². The zero-order valence-electron chi connectivity index (χ0n) is 14.0. The van der Waals surface area contributed by atoms with Crippen molar-refractivity contribution in [3.05, 3.63) is 23.0 Å². The minimum atomic E-state index is 0.128.